The first-order valence-electron chi connectivity index (χ1n) is 3.75. The number of nitrogens with zero attached hydrogens (tertiary/aromatic N) is 1. The molecule has 1 heterocycles. The lowest BCUT2D eigenvalue weighted by Crippen LogP contribution is -2.50. The predicted octanol–water partition coefficient (Wildman–Crippen LogP) is 0.122. The van der Waals surface area contributed by atoms with E-state index >= 15 is 0 Å². The summed E-state index contributed by atoms with van der Waals surface area (Å²) in [6.07, 6.45) is 3.95. The van der Waals surface area contributed by atoms with Crippen LogP contribution in [0.2, 0.25) is 0 Å². The molecule has 0 aromatic rings. The van der Waals surface area contributed by atoms with Crippen LogP contribution >= 0.6 is 0 Å². The van der Waals surface area contributed by atoms with Crippen LogP contribution in [0.4, 0.5) is 0 Å². The second-order valence-corrected chi connectivity index (χ2v) is 3.40. The van der Waals surface area contributed by atoms with E-state index in [1.807, 2.05) is 12.2 Å². The third kappa shape index (κ3) is 1.80. The molecule has 0 fully saturated rings. The molecule has 0 saturated carbocycles. The van der Waals surface area contributed by atoms with E-state index in [2.05, 4.69) is 0 Å². The van der Waals surface area contributed by atoms with Gasteiger partial charge in [-0.2, -0.15) is 0 Å². The van der Waals surface area contributed by atoms with Crippen LogP contribution in [-0.4, -0.2) is 29.4 Å². The first-order valence-corrected chi connectivity index (χ1v) is 3.75. The molecule has 62 valence electrons. The van der Waals surface area contributed by atoms with E-state index in [9.17, 15) is 4.79 Å². The zero-order valence-corrected chi connectivity index (χ0v) is 7.00. The van der Waals surface area contributed by atoms with Crippen molar-refractivity contribution < 1.29 is 4.79 Å². The van der Waals surface area contributed by atoms with E-state index in [0.717, 1.165) is 0 Å². The van der Waals surface area contributed by atoms with Crippen molar-refractivity contribution in [2.24, 2.45) is 5.73 Å². The Morgan fingerprint density at radius 3 is 2.27 bits per heavy atom. The van der Waals surface area contributed by atoms with Gasteiger partial charge in [-0.1, -0.05) is 12.2 Å². The molecule has 3 heteroatoms. The van der Waals surface area contributed by atoms with Crippen molar-refractivity contribution in [3.63, 3.8) is 0 Å². The van der Waals surface area contributed by atoms with Crippen molar-refractivity contribution in [2.45, 2.75) is 19.4 Å². The largest absolute Gasteiger partial charge is 0.334 e. The molecule has 0 aliphatic carbocycles. The van der Waals surface area contributed by atoms with Crippen molar-refractivity contribution >= 4 is 5.91 Å². The van der Waals surface area contributed by atoms with E-state index in [0.29, 0.717) is 13.1 Å². The quantitative estimate of drug-likeness (QED) is 0.545. The van der Waals surface area contributed by atoms with Crippen LogP contribution < -0.4 is 5.73 Å². The summed E-state index contributed by atoms with van der Waals surface area (Å²) in [5, 5.41) is 0. The normalized spacial score (nSPS) is 17.5. The van der Waals surface area contributed by atoms with Gasteiger partial charge in [0, 0.05) is 13.1 Å². The third-order valence-corrected chi connectivity index (χ3v) is 1.66. The Bertz CT molecular complexity index is 183. The second-order valence-electron chi connectivity index (χ2n) is 3.40. The Balaban J connectivity index is 2.55. The van der Waals surface area contributed by atoms with Crippen LogP contribution in [0.1, 0.15) is 13.8 Å². The SMILES string of the molecule is CC(C)(N)C(=O)N1CC=CC1. The number of amides is 1. The van der Waals surface area contributed by atoms with E-state index in [4.69, 9.17) is 5.73 Å². The van der Waals surface area contributed by atoms with Gasteiger partial charge < -0.3 is 10.6 Å². The van der Waals surface area contributed by atoms with Gasteiger partial charge in [0.05, 0.1) is 5.54 Å². The molecular formula is C8H14N2O. The number of carbonyl (C=O) groups is 1. The minimum atomic E-state index is -0.730. The number of nitrogens with two attached hydrogens (primary N) is 1. The maximum absolute atomic E-state index is 11.4. The molecule has 0 radical (unpaired) electrons. The molecule has 1 rings (SSSR count). The highest BCUT2D eigenvalue weighted by Crippen LogP contribution is 2.07. The first-order chi connectivity index (χ1) is 5.02. The van der Waals surface area contributed by atoms with Gasteiger partial charge in [0.2, 0.25) is 5.91 Å². The molecule has 11 heavy (non-hydrogen) atoms. The lowest BCUT2D eigenvalue weighted by Gasteiger charge is -2.24. The highest BCUT2D eigenvalue weighted by Gasteiger charge is 2.27. The van der Waals surface area contributed by atoms with Crippen molar-refractivity contribution in [3.05, 3.63) is 12.2 Å². The van der Waals surface area contributed by atoms with E-state index < -0.39 is 5.54 Å². The maximum atomic E-state index is 11.4. The summed E-state index contributed by atoms with van der Waals surface area (Å²) in [7, 11) is 0. The zero-order valence-electron chi connectivity index (χ0n) is 7.00. The number of carbonyl (C=O) groups excluding carboxylic acids is 1. The first kappa shape index (κ1) is 8.27. The highest BCUT2D eigenvalue weighted by atomic mass is 16.2. The monoisotopic (exact) mass is 154 g/mol. The van der Waals surface area contributed by atoms with Crippen molar-refractivity contribution in [3.8, 4) is 0 Å². The molecule has 0 spiro atoms. The summed E-state index contributed by atoms with van der Waals surface area (Å²) in [4.78, 5) is 13.2. The van der Waals surface area contributed by atoms with Gasteiger partial charge in [0.25, 0.3) is 0 Å². The minimum absolute atomic E-state index is 0.0162. The zero-order chi connectivity index (χ0) is 8.48. The second kappa shape index (κ2) is 2.66. The van der Waals surface area contributed by atoms with Gasteiger partial charge in [0.15, 0.2) is 0 Å². The summed E-state index contributed by atoms with van der Waals surface area (Å²) in [6.45, 7) is 4.88. The molecule has 2 N–H and O–H groups in total. The van der Waals surface area contributed by atoms with Gasteiger partial charge in [-0.05, 0) is 13.8 Å². The van der Waals surface area contributed by atoms with E-state index in [1.54, 1.807) is 18.7 Å². The average molecular weight is 154 g/mol. The van der Waals surface area contributed by atoms with Gasteiger partial charge in [-0.15, -0.1) is 0 Å². The standard InChI is InChI=1S/C8H14N2O/c1-8(2,9)7(11)10-5-3-4-6-10/h3-4H,5-6,9H2,1-2H3. The highest BCUT2D eigenvalue weighted by molar-refractivity contribution is 5.85. The number of hydrogen-bond acceptors (Lipinski definition) is 2. The maximum Gasteiger partial charge on any atom is 0.242 e. The Labute approximate surface area is 66.9 Å². The third-order valence-electron chi connectivity index (χ3n) is 1.66. The molecule has 0 aromatic carbocycles. The Morgan fingerprint density at radius 1 is 1.45 bits per heavy atom. The molecule has 0 atom stereocenters. The smallest absolute Gasteiger partial charge is 0.242 e. The Hall–Kier alpha value is -0.830. The van der Waals surface area contributed by atoms with Crippen molar-refractivity contribution in [2.75, 3.05) is 13.1 Å². The van der Waals surface area contributed by atoms with Crippen molar-refractivity contribution in [1.82, 2.24) is 4.90 Å². The Kier molecular flexibility index (Phi) is 2.00. The number of rotatable bonds is 1. The average Bonchev–Trinajstić information content (AvgIpc) is 2.34. The van der Waals surface area contributed by atoms with Gasteiger partial charge in [-0.3, -0.25) is 4.79 Å². The molecule has 0 aromatic heterocycles. The Morgan fingerprint density at radius 2 is 1.91 bits per heavy atom. The van der Waals surface area contributed by atoms with Gasteiger partial charge in [-0.25, -0.2) is 0 Å². The van der Waals surface area contributed by atoms with Crippen LogP contribution in [-0.2, 0) is 4.79 Å². The van der Waals surface area contributed by atoms with Gasteiger partial charge in [0.1, 0.15) is 0 Å². The van der Waals surface area contributed by atoms with Crippen LogP contribution in [0, 0.1) is 0 Å². The molecule has 3 nitrogen and oxygen atoms in total. The fourth-order valence-corrected chi connectivity index (χ4v) is 1.05. The summed E-state index contributed by atoms with van der Waals surface area (Å²) >= 11 is 0. The lowest BCUT2D eigenvalue weighted by atomic mass is 10.1. The fraction of sp³-hybridized carbons (Fsp3) is 0.625. The van der Waals surface area contributed by atoms with E-state index in [1.165, 1.54) is 0 Å². The van der Waals surface area contributed by atoms with Crippen LogP contribution in [0.15, 0.2) is 12.2 Å². The summed E-state index contributed by atoms with van der Waals surface area (Å²) in [5.41, 5.74) is 4.91. The summed E-state index contributed by atoms with van der Waals surface area (Å²) in [5.74, 6) is 0.0162. The molecule has 1 amide bonds. The lowest BCUT2D eigenvalue weighted by molar-refractivity contribution is -0.134. The molecule has 1 aliphatic heterocycles. The predicted molar refractivity (Wildman–Crippen MR) is 44.0 cm³/mol. The molecular weight excluding hydrogens is 140 g/mol. The fourth-order valence-electron chi connectivity index (χ4n) is 1.05. The topological polar surface area (TPSA) is 46.3 Å². The van der Waals surface area contributed by atoms with Crippen LogP contribution in [0.5, 0.6) is 0 Å². The molecule has 1 aliphatic rings. The van der Waals surface area contributed by atoms with E-state index in [-0.39, 0.29) is 5.91 Å². The number of hydrogen-bond donors (Lipinski definition) is 1. The van der Waals surface area contributed by atoms with Gasteiger partial charge >= 0.3 is 0 Å². The summed E-state index contributed by atoms with van der Waals surface area (Å²) < 4.78 is 0. The van der Waals surface area contributed by atoms with Crippen molar-refractivity contribution in [1.29, 1.82) is 0 Å². The summed E-state index contributed by atoms with van der Waals surface area (Å²) in [6, 6.07) is 0. The van der Waals surface area contributed by atoms with Crippen LogP contribution in [0.25, 0.3) is 0 Å². The molecule has 0 unspecified atom stereocenters. The molecule has 0 saturated heterocycles. The minimum Gasteiger partial charge on any atom is -0.334 e. The van der Waals surface area contributed by atoms with Crippen LogP contribution in [0.3, 0.4) is 0 Å². The molecule has 0 bridgehead atoms.